The molecule has 1 unspecified atom stereocenters. The number of hydrogen-bond acceptors (Lipinski definition) is 2. The Morgan fingerprint density at radius 3 is 2.19 bits per heavy atom. The molecule has 16 heavy (non-hydrogen) atoms. The lowest BCUT2D eigenvalue weighted by atomic mass is 9.70. The fourth-order valence-electron chi connectivity index (χ4n) is 1.90. The normalized spacial score (nSPS) is 15.6. The van der Waals surface area contributed by atoms with Gasteiger partial charge in [-0.1, -0.05) is 37.3 Å². The molecule has 0 amide bonds. The minimum Gasteiger partial charge on any atom is -0.384 e. The summed E-state index contributed by atoms with van der Waals surface area (Å²) in [5.41, 5.74) is -1.33. The van der Waals surface area contributed by atoms with Gasteiger partial charge in [0.25, 0.3) is 0 Å². The van der Waals surface area contributed by atoms with Gasteiger partial charge in [-0.15, -0.1) is 12.6 Å². The van der Waals surface area contributed by atoms with Crippen LogP contribution in [-0.2, 0) is 10.4 Å². The van der Waals surface area contributed by atoms with Gasteiger partial charge in [-0.2, -0.15) is 0 Å². The third-order valence-electron chi connectivity index (χ3n) is 3.33. The van der Waals surface area contributed by atoms with Gasteiger partial charge in [0.15, 0.2) is 5.12 Å². The Hall–Kier alpha value is -0.800. The van der Waals surface area contributed by atoms with Crippen molar-refractivity contribution >= 4 is 17.7 Å². The highest BCUT2D eigenvalue weighted by molar-refractivity contribution is 7.96. The van der Waals surface area contributed by atoms with Crippen molar-refractivity contribution < 1.29 is 9.90 Å². The predicted molar refractivity (Wildman–Crippen MR) is 68.4 cm³/mol. The zero-order valence-corrected chi connectivity index (χ0v) is 10.8. The number of aliphatic hydroxyl groups is 1. The van der Waals surface area contributed by atoms with E-state index < -0.39 is 11.0 Å². The molecule has 0 bridgehead atoms. The van der Waals surface area contributed by atoms with Crippen LogP contribution >= 0.6 is 12.6 Å². The van der Waals surface area contributed by atoms with E-state index in [0.29, 0.717) is 6.42 Å². The molecule has 0 saturated heterocycles. The first-order valence-corrected chi connectivity index (χ1v) is 5.82. The molecule has 1 atom stereocenters. The van der Waals surface area contributed by atoms with Crippen LogP contribution in [0.2, 0.25) is 0 Å². The van der Waals surface area contributed by atoms with Crippen molar-refractivity contribution in [2.75, 3.05) is 0 Å². The lowest BCUT2D eigenvalue weighted by Crippen LogP contribution is -2.45. The summed E-state index contributed by atoms with van der Waals surface area (Å²) in [6, 6.07) is 9.27. The number of carbonyl (C=O) groups excluding carboxylic acids is 1. The minimum absolute atomic E-state index is 0.305. The molecule has 0 aliphatic heterocycles. The van der Waals surface area contributed by atoms with Crippen LogP contribution in [0.25, 0.3) is 0 Å². The zero-order chi connectivity index (χ0) is 12.4. The highest BCUT2D eigenvalue weighted by Gasteiger charge is 2.47. The molecule has 88 valence electrons. The third-order valence-corrected chi connectivity index (χ3v) is 3.89. The summed E-state index contributed by atoms with van der Waals surface area (Å²) in [5, 5.41) is 10.4. The van der Waals surface area contributed by atoms with Crippen LogP contribution in [0.5, 0.6) is 0 Å². The molecule has 0 aromatic heterocycles. The van der Waals surface area contributed by atoms with Crippen molar-refractivity contribution in [3.05, 3.63) is 35.9 Å². The Morgan fingerprint density at radius 2 is 1.81 bits per heavy atom. The number of rotatable bonds is 4. The zero-order valence-electron chi connectivity index (χ0n) is 9.90. The molecule has 0 spiro atoms. The van der Waals surface area contributed by atoms with Crippen LogP contribution in [0, 0.1) is 5.41 Å². The van der Waals surface area contributed by atoms with E-state index in [1.165, 1.54) is 0 Å². The lowest BCUT2D eigenvalue weighted by Gasteiger charge is -2.40. The maximum Gasteiger partial charge on any atom is 0.194 e. The molecular formula is C13H18O2S. The van der Waals surface area contributed by atoms with Crippen LogP contribution in [0.1, 0.15) is 32.8 Å². The summed E-state index contributed by atoms with van der Waals surface area (Å²) in [7, 11) is 0. The van der Waals surface area contributed by atoms with Crippen molar-refractivity contribution in [2.45, 2.75) is 32.8 Å². The number of thiol groups is 1. The number of hydrogen-bond donors (Lipinski definition) is 2. The average molecular weight is 238 g/mol. The van der Waals surface area contributed by atoms with Crippen LogP contribution in [0.15, 0.2) is 30.3 Å². The van der Waals surface area contributed by atoms with E-state index in [-0.39, 0.29) is 5.12 Å². The summed E-state index contributed by atoms with van der Waals surface area (Å²) in [5.74, 6) is 0. The molecule has 3 heteroatoms. The molecule has 0 fully saturated rings. The van der Waals surface area contributed by atoms with Crippen LogP contribution in [-0.4, -0.2) is 10.2 Å². The van der Waals surface area contributed by atoms with E-state index in [1.54, 1.807) is 13.8 Å². The van der Waals surface area contributed by atoms with Crippen LogP contribution < -0.4 is 0 Å². The van der Waals surface area contributed by atoms with E-state index >= 15 is 0 Å². The quantitative estimate of drug-likeness (QED) is 0.791. The fourth-order valence-corrected chi connectivity index (χ4v) is 2.08. The van der Waals surface area contributed by atoms with E-state index in [0.717, 1.165) is 5.56 Å². The van der Waals surface area contributed by atoms with E-state index in [2.05, 4.69) is 12.6 Å². The van der Waals surface area contributed by atoms with Gasteiger partial charge in [0.2, 0.25) is 0 Å². The molecule has 0 saturated carbocycles. The SMILES string of the molecule is CCC(O)(c1ccccc1)C(C)(C)C(=O)S. The number of carbonyl (C=O) groups is 1. The molecule has 2 nitrogen and oxygen atoms in total. The van der Waals surface area contributed by atoms with Crippen LogP contribution in [0.4, 0.5) is 0 Å². The van der Waals surface area contributed by atoms with Gasteiger partial charge in [-0.05, 0) is 25.8 Å². The van der Waals surface area contributed by atoms with E-state index in [1.807, 2.05) is 37.3 Å². The largest absolute Gasteiger partial charge is 0.384 e. The van der Waals surface area contributed by atoms with Crippen molar-refractivity contribution in [1.82, 2.24) is 0 Å². The van der Waals surface area contributed by atoms with Gasteiger partial charge in [-0.25, -0.2) is 0 Å². The van der Waals surface area contributed by atoms with Gasteiger partial charge < -0.3 is 5.11 Å². The first-order chi connectivity index (χ1) is 7.36. The second-order valence-corrected chi connectivity index (χ2v) is 4.92. The molecule has 0 aliphatic carbocycles. The van der Waals surface area contributed by atoms with E-state index in [9.17, 15) is 9.90 Å². The molecule has 0 radical (unpaired) electrons. The minimum atomic E-state index is -1.17. The Bertz CT molecular complexity index is 373. The topological polar surface area (TPSA) is 37.3 Å². The predicted octanol–water partition coefficient (Wildman–Crippen LogP) is 2.77. The summed E-state index contributed by atoms with van der Waals surface area (Å²) in [6.07, 6.45) is 0.469. The number of benzene rings is 1. The van der Waals surface area contributed by atoms with E-state index in [4.69, 9.17) is 0 Å². The van der Waals surface area contributed by atoms with Crippen LogP contribution in [0.3, 0.4) is 0 Å². The Morgan fingerprint density at radius 1 is 1.31 bits per heavy atom. The summed E-state index contributed by atoms with van der Waals surface area (Å²) in [6.45, 7) is 5.31. The fraction of sp³-hybridized carbons (Fsp3) is 0.462. The molecule has 1 rings (SSSR count). The third kappa shape index (κ3) is 2.02. The monoisotopic (exact) mass is 238 g/mol. The van der Waals surface area contributed by atoms with Crippen molar-refractivity contribution in [3.63, 3.8) is 0 Å². The molecular weight excluding hydrogens is 220 g/mol. The molecule has 1 N–H and O–H groups in total. The average Bonchev–Trinajstić information content (AvgIpc) is 2.28. The Labute approximate surface area is 102 Å². The molecule has 0 aliphatic rings. The maximum atomic E-state index is 11.5. The summed E-state index contributed by atoms with van der Waals surface area (Å²) in [4.78, 5) is 11.5. The van der Waals surface area contributed by atoms with Crippen molar-refractivity contribution in [3.8, 4) is 0 Å². The lowest BCUT2D eigenvalue weighted by molar-refractivity contribution is -0.137. The van der Waals surface area contributed by atoms with Gasteiger partial charge in [0.05, 0.1) is 5.41 Å². The summed E-state index contributed by atoms with van der Waals surface area (Å²) < 4.78 is 0. The Kier molecular flexibility index (Phi) is 3.81. The van der Waals surface area contributed by atoms with Gasteiger partial charge in [0.1, 0.15) is 5.60 Å². The van der Waals surface area contributed by atoms with Crippen molar-refractivity contribution in [2.24, 2.45) is 5.41 Å². The van der Waals surface area contributed by atoms with Crippen molar-refractivity contribution in [1.29, 1.82) is 0 Å². The highest BCUT2D eigenvalue weighted by Crippen LogP contribution is 2.43. The highest BCUT2D eigenvalue weighted by atomic mass is 32.1. The maximum absolute atomic E-state index is 11.5. The van der Waals surface area contributed by atoms with Gasteiger partial charge >= 0.3 is 0 Å². The molecule has 0 heterocycles. The first kappa shape index (κ1) is 13.3. The smallest absolute Gasteiger partial charge is 0.194 e. The summed E-state index contributed by atoms with van der Waals surface area (Å²) >= 11 is 3.88. The Balaban J connectivity index is 3.28. The standard InChI is InChI=1S/C13H18O2S/c1-4-13(15,12(2,3)11(14)16)10-8-6-5-7-9-10/h5-9,15H,4H2,1-3H3,(H,14,16). The first-order valence-electron chi connectivity index (χ1n) is 5.37. The molecule has 1 aromatic rings. The van der Waals surface area contributed by atoms with Gasteiger partial charge in [-0.3, -0.25) is 4.79 Å². The second kappa shape index (κ2) is 4.60. The van der Waals surface area contributed by atoms with Gasteiger partial charge in [0, 0.05) is 0 Å². The molecule has 1 aromatic carbocycles. The second-order valence-electron chi connectivity index (χ2n) is 4.51.